The van der Waals surface area contributed by atoms with E-state index in [1.54, 1.807) is 14.2 Å². The van der Waals surface area contributed by atoms with Gasteiger partial charge in [-0.25, -0.2) is 0 Å². The van der Waals surface area contributed by atoms with Gasteiger partial charge in [0, 0.05) is 74.8 Å². The Hall–Kier alpha value is -0.280. The topological polar surface area (TPSA) is 91.6 Å². The molecule has 176 valence electrons. The van der Waals surface area contributed by atoms with Crippen molar-refractivity contribution in [2.45, 2.75) is 68.7 Å². The van der Waals surface area contributed by atoms with Crippen LogP contribution in [0.1, 0.15) is 32.6 Å². The smallest absolute Gasteiger partial charge is 0.0796 e. The van der Waals surface area contributed by atoms with Gasteiger partial charge in [-0.3, -0.25) is 4.90 Å². The molecule has 1 aliphatic heterocycles. The molecule has 0 amide bonds. The molecule has 7 heteroatoms. The van der Waals surface area contributed by atoms with E-state index in [9.17, 15) is 15.3 Å². The van der Waals surface area contributed by atoms with Crippen molar-refractivity contribution < 1.29 is 29.5 Å². The number of rotatable bonds is 5. The van der Waals surface area contributed by atoms with Gasteiger partial charge in [-0.05, 0) is 31.7 Å². The Morgan fingerprint density at radius 3 is 2.48 bits per heavy atom. The maximum atomic E-state index is 12.4. The molecule has 0 radical (unpaired) electrons. The van der Waals surface area contributed by atoms with Crippen molar-refractivity contribution in [1.29, 1.82) is 0 Å². The van der Waals surface area contributed by atoms with Gasteiger partial charge in [0.15, 0.2) is 0 Å². The van der Waals surface area contributed by atoms with Gasteiger partial charge < -0.3 is 29.5 Å². The monoisotopic (exact) mass is 437 g/mol. The number of ether oxygens (including phenoxy) is 3. The first kappa shape index (κ1) is 21.3. The third kappa shape index (κ3) is 2.12. The average molecular weight is 438 g/mol. The number of piperidine rings is 1. The predicted molar refractivity (Wildman–Crippen MR) is 112 cm³/mol. The molecule has 5 saturated carbocycles. The average Bonchev–Trinajstić information content (AvgIpc) is 3.14. The van der Waals surface area contributed by atoms with Crippen molar-refractivity contribution in [3.05, 3.63) is 0 Å². The summed E-state index contributed by atoms with van der Waals surface area (Å²) in [7, 11) is 5.26. The van der Waals surface area contributed by atoms with Gasteiger partial charge in [0.25, 0.3) is 0 Å². The van der Waals surface area contributed by atoms with Gasteiger partial charge in [0.1, 0.15) is 0 Å². The van der Waals surface area contributed by atoms with Crippen LogP contribution in [0.15, 0.2) is 0 Å². The van der Waals surface area contributed by atoms with E-state index in [2.05, 4.69) is 11.8 Å². The highest BCUT2D eigenvalue weighted by Crippen LogP contribution is 2.79. The molecule has 3 N–H and O–H groups in total. The Kier molecular flexibility index (Phi) is 4.56. The summed E-state index contributed by atoms with van der Waals surface area (Å²) >= 11 is 0. The summed E-state index contributed by atoms with van der Waals surface area (Å²) in [6.45, 7) is 4.57. The molecule has 7 bridgehead atoms. The van der Waals surface area contributed by atoms with E-state index < -0.39 is 17.8 Å². The zero-order valence-electron chi connectivity index (χ0n) is 19.2. The number of hydrogen-bond acceptors (Lipinski definition) is 7. The molecule has 31 heavy (non-hydrogen) atoms. The van der Waals surface area contributed by atoms with E-state index >= 15 is 0 Å². The van der Waals surface area contributed by atoms with E-state index in [1.165, 1.54) is 0 Å². The van der Waals surface area contributed by atoms with Crippen molar-refractivity contribution in [3.8, 4) is 0 Å². The molecule has 1 spiro atoms. The fraction of sp³-hybridized carbons (Fsp3) is 1.00. The minimum atomic E-state index is -1.13. The fourth-order valence-corrected chi connectivity index (χ4v) is 10.7. The molecule has 1 saturated heterocycles. The lowest BCUT2D eigenvalue weighted by Gasteiger charge is -2.69. The molecule has 0 aromatic carbocycles. The number of hydrogen-bond donors (Lipinski definition) is 3. The normalized spacial score (nSPS) is 61.6. The highest BCUT2D eigenvalue weighted by molar-refractivity contribution is 5.35. The molecule has 0 aromatic heterocycles. The van der Waals surface area contributed by atoms with Crippen LogP contribution >= 0.6 is 0 Å². The first-order valence-corrected chi connectivity index (χ1v) is 12.2. The fourth-order valence-electron chi connectivity index (χ4n) is 10.7. The quantitative estimate of drug-likeness (QED) is 0.577. The second-order valence-corrected chi connectivity index (χ2v) is 11.6. The molecule has 5 aliphatic carbocycles. The van der Waals surface area contributed by atoms with Crippen LogP contribution in [0.3, 0.4) is 0 Å². The van der Waals surface area contributed by atoms with Crippen molar-refractivity contribution in [2.24, 2.45) is 40.4 Å². The van der Waals surface area contributed by atoms with E-state index in [1.807, 2.05) is 7.11 Å². The lowest BCUT2D eigenvalue weighted by Crippen LogP contribution is -2.76. The summed E-state index contributed by atoms with van der Waals surface area (Å²) in [5, 5.41) is 35.9. The van der Waals surface area contributed by atoms with Crippen molar-refractivity contribution in [3.63, 3.8) is 0 Å². The van der Waals surface area contributed by atoms with Crippen molar-refractivity contribution in [2.75, 3.05) is 41.0 Å². The number of methoxy groups -OCH3 is 3. The molecule has 6 aliphatic rings. The standard InChI is InChI=1S/C24H39NO6/c1-5-25-10-22(11-29-2)7-6-15(31-4)24-13-8-12-14(30-3)9-23(28,16(13)18(12)26)17(21(24)25)19(27)20(22)24/h12-21,26-28H,5-11H2,1-4H3/t12-,13-,14+,15+,16-,17+,18+,19-,20-,21-,22+,23-,24?/m1/s1. The number of aliphatic hydroxyl groups excluding tert-OH is 2. The van der Waals surface area contributed by atoms with Crippen LogP contribution in [0.2, 0.25) is 0 Å². The maximum absolute atomic E-state index is 12.4. The maximum Gasteiger partial charge on any atom is 0.0796 e. The SMILES string of the molecule is CCN1C[C@]2(COC)CC[C@H](OC)C34[C@@H]5C[C@H]6[C@H](O)[C@@H]5[C@](O)(C[C@@H]6OC)[C@@H]([C@@H](O)[C@@H]32)[C@@H]14. The van der Waals surface area contributed by atoms with Crippen LogP contribution in [0, 0.1) is 40.4 Å². The Morgan fingerprint density at radius 2 is 1.84 bits per heavy atom. The van der Waals surface area contributed by atoms with E-state index in [0.29, 0.717) is 13.0 Å². The molecule has 6 fully saturated rings. The third-order valence-corrected chi connectivity index (χ3v) is 11.1. The van der Waals surface area contributed by atoms with Crippen LogP contribution in [0.25, 0.3) is 0 Å². The van der Waals surface area contributed by atoms with Gasteiger partial charge in [-0.1, -0.05) is 6.92 Å². The second kappa shape index (κ2) is 6.65. The Labute approximate surface area is 185 Å². The minimum Gasteiger partial charge on any atom is -0.392 e. The summed E-state index contributed by atoms with van der Waals surface area (Å²) in [5.74, 6) is -0.366. The number of aliphatic hydroxyl groups is 3. The molecule has 6 rings (SSSR count). The van der Waals surface area contributed by atoms with Crippen LogP contribution in [-0.4, -0.2) is 97.3 Å². The lowest BCUT2D eigenvalue weighted by atomic mass is 9.43. The molecule has 0 aromatic rings. The molecule has 7 nitrogen and oxygen atoms in total. The zero-order valence-corrected chi connectivity index (χ0v) is 19.2. The Morgan fingerprint density at radius 1 is 1.06 bits per heavy atom. The van der Waals surface area contributed by atoms with Crippen LogP contribution < -0.4 is 0 Å². The Balaban J connectivity index is 1.62. The van der Waals surface area contributed by atoms with Gasteiger partial charge in [-0.2, -0.15) is 0 Å². The lowest BCUT2D eigenvalue weighted by molar-refractivity contribution is -0.276. The third-order valence-electron chi connectivity index (χ3n) is 11.1. The second-order valence-electron chi connectivity index (χ2n) is 11.6. The number of nitrogens with zero attached hydrogens (tertiary/aromatic N) is 1. The Bertz CT molecular complexity index is 752. The minimum absolute atomic E-state index is 0.0167. The van der Waals surface area contributed by atoms with Gasteiger partial charge in [0.05, 0.1) is 36.6 Å². The summed E-state index contributed by atoms with van der Waals surface area (Å²) < 4.78 is 17.9. The molecular formula is C24H39NO6. The highest BCUT2D eigenvalue weighted by Gasteiger charge is 2.86. The van der Waals surface area contributed by atoms with Crippen molar-refractivity contribution in [1.82, 2.24) is 4.90 Å². The van der Waals surface area contributed by atoms with Gasteiger partial charge in [0.2, 0.25) is 0 Å². The van der Waals surface area contributed by atoms with E-state index in [0.717, 1.165) is 32.4 Å². The summed E-state index contributed by atoms with van der Waals surface area (Å²) in [4.78, 5) is 2.52. The molecule has 1 unspecified atom stereocenters. The number of fused-ring (bicyclic) bond motifs is 2. The van der Waals surface area contributed by atoms with Gasteiger partial charge >= 0.3 is 0 Å². The first-order chi connectivity index (χ1) is 14.9. The van der Waals surface area contributed by atoms with Gasteiger partial charge in [-0.15, -0.1) is 0 Å². The molecule has 1 heterocycles. The van der Waals surface area contributed by atoms with E-state index in [4.69, 9.17) is 14.2 Å². The van der Waals surface area contributed by atoms with E-state index in [-0.39, 0.29) is 58.7 Å². The molecular weight excluding hydrogens is 398 g/mol. The summed E-state index contributed by atoms with van der Waals surface area (Å²) in [6.07, 6.45) is 1.86. The van der Waals surface area contributed by atoms with Crippen LogP contribution in [-0.2, 0) is 14.2 Å². The van der Waals surface area contributed by atoms with Crippen molar-refractivity contribution >= 4 is 0 Å². The summed E-state index contributed by atoms with van der Waals surface area (Å²) in [6, 6.07) is 0.0561. The number of likely N-dealkylation sites (tertiary alicyclic amines) is 1. The predicted octanol–water partition coefficient (Wildman–Crippen LogP) is 0.502. The zero-order chi connectivity index (χ0) is 21.9. The highest BCUT2D eigenvalue weighted by atomic mass is 16.5. The molecule has 13 atom stereocenters. The largest absolute Gasteiger partial charge is 0.392 e. The summed E-state index contributed by atoms with van der Waals surface area (Å²) in [5.41, 5.74) is -1.55. The van der Waals surface area contributed by atoms with Crippen LogP contribution in [0.5, 0.6) is 0 Å². The van der Waals surface area contributed by atoms with Crippen LogP contribution in [0.4, 0.5) is 0 Å². The first-order valence-electron chi connectivity index (χ1n) is 12.2.